The van der Waals surface area contributed by atoms with E-state index in [4.69, 9.17) is 13.8 Å². The number of unbranched alkanes of at least 4 members (excludes halogenated alkanes) is 32. The fraction of sp³-hybridized carbons (Fsp3) is 0.753. The molecular formula is C73H131N2O7P. The molecule has 0 saturated heterocycles. The number of nitrogens with one attached hydrogen (secondary N) is 1. The summed E-state index contributed by atoms with van der Waals surface area (Å²) < 4.78 is 30.4. The molecule has 0 rings (SSSR count). The first kappa shape index (κ1) is 79.9. The van der Waals surface area contributed by atoms with Gasteiger partial charge in [0.2, 0.25) is 5.91 Å². The minimum absolute atomic E-state index is 0.0278. The highest BCUT2D eigenvalue weighted by molar-refractivity contribution is 7.45. The molecule has 1 amide bonds. The summed E-state index contributed by atoms with van der Waals surface area (Å²) >= 11 is 0. The monoisotopic (exact) mass is 1180 g/mol. The Morgan fingerprint density at radius 1 is 0.434 bits per heavy atom. The van der Waals surface area contributed by atoms with Gasteiger partial charge in [0, 0.05) is 12.8 Å². The molecule has 3 atom stereocenters. The van der Waals surface area contributed by atoms with Crippen LogP contribution in [0.25, 0.3) is 0 Å². The fourth-order valence-electron chi connectivity index (χ4n) is 9.70. The van der Waals surface area contributed by atoms with E-state index in [0.29, 0.717) is 17.4 Å². The number of likely N-dealkylation sites (N-methyl/N-ethyl adjacent to an activating group) is 1. The summed E-state index contributed by atoms with van der Waals surface area (Å²) in [5.41, 5.74) is 0. The normalized spacial score (nSPS) is 14.2. The summed E-state index contributed by atoms with van der Waals surface area (Å²) in [6, 6.07) is -0.900. The minimum atomic E-state index is -4.71. The molecule has 0 heterocycles. The third kappa shape index (κ3) is 63.3. The van der Waals surface area contributed by atoms with E-state index in [2.05, 4.69) is 111 Å². The molecule has 0 saturated carbocycles. The van der Waals surface area contributed by atoms with Crippen molar-refractivity contribution in [2.75, 3.05) is 40.9 Å². The molecule has 0 aliphatic heterocycles. The maximum absolute atomic E-state index is 13.6. The average molecular weight is 1180 g/mol. The van der Waals surface area contributed by atoms with E-state index < -0.39 is 26.6 Å². The van der Waals surface area contributed by atoms with Gasteiger partial charge < -0.3 is 28.5 Å². The Hall–Kier alpha value is -3.07. The van der Waals surface area contributed by atoms with Crippen LogP contribution in [0, 0.1) is 0 Å². The van der Waals surface area contributed by atoms with Gasteiger partial charge in [-0.05, 0) is 109 Å². The molecule has 0 aliphatic carbocycles. The summed E-state index contributed by atoms with van der Waals surface area (Å²) in [5, 5.41) is 3.04. The van der Waals surface area contributed by atoms with Gasteiger partial charge in [0.1, 0.15) is 19.3 Å². The summed E-state index contributed by atoms with van der Waals surface area (Å²) in [5.74, 6) is -0.553. The van der Waals surface area contributed by atoms with E-state index in [-0.39, 0.29) is 24.9 Å². The Balaban J connectivity index is 5.15. The molecule has 83 heavy (non-hydrogen) atoms. The number of ether oxygens (including phenoxy) is 1. The van der Waals surface area contributed by atoms with Crippen molar-refractivity contribution in [1.29, 1.82) is 0 Å². The molecule has 0 bridgehead atoms. The van der Waals surface area contributed by atoms with E-state index in [1.165, 1.54) is 148 Å². The molecule has 10 heteroatoms. The maximum Gasteiger partial charge on any atom is 0.306 e. The number of hydrogen-bond acceptors (Lipinski definition) is 7. The van der Waals surface area contributed by atoms with Crippen LogP contribution < -0.4 is 10.2 Å². The van der Waals surface area contributed by atoms with E-state index in [1.54, 1.807) is 0 Å². The van der Waals surface area contributed by atoms with E-state index >= 15 is 0 Å². The number of esters is 1. The Morgan fingerprint density at radius 2 is 0.771 bits per heavy atom. The number of hydrogen-bond donors (Lipinski definition) is 1. The molecule has 9 nitrogen and oxygen atoms in total. The maximum atomic E-state index is 13.6. The third-order valence-electron chi connectivity index (χ3n) is 15.0. The molecule has 0 aliphatic rings. The number of nitrogens with zero attached hydrogens (tertiary/aromatic N) is 1. The smallest absolute Gasteiger partial charge is 0.306 e. The first-order valence-corrected chi connectivity index (χ1v) is 36.0. The molecule has 0 aromatic rings. The van der Waals surface area contributed by atoms with Gasteiger partial charge >= 0.3 is 5.97 Å². The van der Waals surface area contributed by atoms with Crippen LogP contribution in [0.2, 0.25) is 0 Å². The SMILES string of the molecule is CC/C=C\C/C=C\C/C=C\C/C=C\C/C=C\C/C=C\CCCCCCCCCCC(=O)OC(/C=C\CCCCCCCCCCCCC)C(COP(=O)([O-])OCC[N+](C)(C)C)NC(=O)CCCCCCCCC/C=C/CCCCCCCC. The van der Waals surface area contributed by atoms with Crippen molar-refractivity contribution in [2.45, 2.75) is 315 Å². The van der Waals surface area contributed by atoms with Crippen molar-refractivity contribution in [3.63, 3.8) is 0 Å². The van der Waals surface area contributed by atoms with Crippen molar-refractivity contribution >= 4 is 19.7 Å². The number of carbonyl (C=O) groups is 2. The van der Waals surface area contributed by atoms with Crippen molar-refractivity contribution in [1.82, 2.24) is 5.32 Å². The predicted molar refractivity (Wildman–Crippen MR) is 358 cm³/mol. The van der Waals surface area contributed by atoms with Crippen molar-refractivity contribution in [3.8, 4) is 0 Å². The predicted octanol–water partition coefficient (Wildman–Crippen LogP) is 21.3. The van der Waals surface area contributed by atoms with Crippen LogP contribution in [0.15, 0.2) is 97.2 Å². The average Bonchev–Trinajstić information content (AvgIpc) is 3.47. The van der Waals surface area contributed by atoms with Gasteiger partial charge in [-0.2, -0.15) is 0 Å². The Kier molecular flexibility index (Phi) is 59.7. The summed E-state index contributed by atoms with van der Waals surface area (Å²) in [6.45, 7) is 6.74. The molecule has 0 aromatic carbocycles. The molecule has 480 valence electrons. The van der Waals surface area contributed by atoms with Crippen molar-refractivity contribution in [2.24, 2.45) is 0 Å². The lowest BCUT2D eigenvalue weighted by Gasteiger charge is -2.30. The second-order valence-corrected chi connectivity index (χ2v) is 25.7. The zero-order valence-electron chi connectivity index (χ0n) is 54.9. The second kappa shape index (κ2) is 62.0. The van der Waals surface area contributed by atoms with Gasteiger partial charge in [-0.15, -0.1) is 0 Å². The van der Waals surface area contributed by atoms with E-state index in [1.807, 2.05) is 33.3 Å². The summed E-state index contributed by atoms with van der Waals surface area (Å²) in [4.78, 5) is 40.2. The van der Waals surface area contributed by atoms with Gasteiger partial charge in [0.15, 0.2) is 0 Å². The van der Waals surface area contributed by atoms with Crippen LogP contribution in [0.1, 0.15) is 303 Å². The minimum Gasteiger partial charge on any atom is -0.756 e. The lowest BCUT2D eigenvalue weighted by atomic mass is 10.0. The number of quaternary nitrogens is 1. The van der Waals surface area contributed by atoms with Crippen LogP contribution in [0.4, 0.5) is 0 Å². The van der Waals surface area contributed by atoms with Gasteiger partial charge in [0.05, 0.1) is 33.8 Å². The summed E-state index contributed by atoms with van der Waals surface area (Å²) in [6.07, 6.45) is 83.7. The van der Waals surface area contributed by atoms with Crippen molar-refractivity contribution in [3.05, 3.63) is 97.2 Å². The van der Waals surface area contributed by atoms with Gasteiger partial charge in [-0.1, -0.05) is 279 Å². The highest BCUT2D eigenvalue weighted by Gasteiger charge is 2.27. The molecule has 3 unspecified atom stereocenters. The lowest BCUT2D eigenvalue weighted by Crippen LogP contribution is -2.47. The Labute approximate surface area is 513 Å². The highest BCUT2D eigenvalue weighted by Crippen LogP contribution is 2.38. The Bertz CT molecular complexity index is 1740. The number of carbonyl (C=O) groups excluding carboxylic acids is 2. The third-order valence-corrected chi connectivity index (χ3v) is 16.0. The standard InChI is InChI=1S/C73H131N2O7P/c1-7-10-13-16-19-22-25-28-30-32-33-34-35-36-37-38-39-40-41-43-45-48-51-54-57-60-63-66-73(77)82-71(64-61-58-55-52-49-46-27-24-21-18-15-12-9-3)70(69-81-83(78,79)80-68-67-75(4,5)6)74-72(76)65-62-59-56-53-50-47-44-42-31-29-26-23-20-17-14-11-8-2/h10,13,19,22,28-31,33-34,36-37,39-40,61,64,70-71H,7-9,11-12,14-18,20-21,23-27,32,35,38,41-60,62-63,65-69H2,1-6H3,(H-,74,76,78,79)/b13-10-,22-19-,30-28-,31-29+,34-33-,37-36-,40-39-,64-61-. The topological polar surface area (TPSA) is 114 Å². The number of phosphoric acid groups is 1. The van der Waals surface area contributed by atoms with Crippen LogP contribution in [-0.4, -0.2) is 69.4 Å². The molecule has 0 fully saturated rings. The highest BCUT2D eigenvalue weighted by atomic mass is 31.2. The van der Waals surface area contributed by atoms with Gasteiger partial charge in [0.25, 0.3) is 7.82 Å². The number of phosphoric ester groups is 1. The summed E-state index contributed by atoms with van der Waals surface area (Å²) in [7, 11) is 1.17. The molecule has 1 N–H and O–H groups in total. The molecular weight excluding hydrogens is 1050 g/mol. The largest absolute Gasteiger partial charge is 0.756 e. The first-order valence-electron chi connectivity index (χ1n) is 34.5. The zero-order chi connectivity index (χ0) is 60.7. The van der Waals surface area contributed by atoms with Crippen LogP contribution in [-0.2, 0) is 27.9 Å². The van der Waals surface area contributed by atoms with Gasteiger partial charge in [-0.3, -0.25) is 14.2 Å². The number of allylic oxidation sites excluding steroid dienone is 15. The number of rotatable bonds is 62. The van der Waals surface area contributed by atoms with Crippen LogP contribution >= 0.6 is 7.82 Å². The quantitative estimate of drug-likeness (QED) is 0.0212. The lowest BCUT2D eigenvalue weighted by molar-refractivity contribution is -0.870. The fourth-order valence-corrected chi connectivity index (χ4v) is 10.4. The molecule has 0 radical (unpaired) electrons. The van der Waals surface area contributed by atoms with E-state index in [0.717, 1.165) is 122 Å². The molecule has 0 aromatic heterocycles. The first-order chi connectivity index (χ1) is 40.4. The van der Waals surface area contributed by atoms with Crippen LogP contribution in [0.3, 0.4) is 0 Å². The van der Waals surface area contributed by atoms with Crippen LogP contribution in [0.5, 0.6) is 0 Å². The van der Waals surface area contributed by atoms with Crippen molar-refractivity contribution < 1.29 is 37.3 Å². The molecule has 0 spiro atoms. The zero-order valence-corrected chi connectivity index (χ0v) is 55.8. The Morgan fingerprint density at radius 3 is 1.17 bits per heavy atom. The second-order valence-electron chi connectivity index (χ2n) is 24.3. The van der Waals surface area contributed by atoms with E-state index in [9.17, 15) is 19.0 Å². The van der Waals surface area contributed by atoms with Gasteiger partial charge in [-0.25, -0.2) is 0 Å². The number of amides is 1.